The van der Waals surface area contributed by atoms with Crippen LogP contribution in [0.4, 0.5) is 13.2 Å². The van der Waals surface area contributed by atoms with Gasteiger partial charge in [-0.15, -0.1) is 0 Å². The fourth-order valence-electron chi connectivity index (χ4n) is 2.08. The zero-order valence-corrected chi connectivity index (χ0v) is 11.7. The number of nitrogens with one attached hydrogen (secondary N) is 1. The van der Waals surface area contributed by atoms with Crippen molar-refractivity contribution >= 4 is 5.91 Å². The smallest absolute Gasteiger partial charge is 0.348 e. The summed E-state index contributed by atoms with van der Waals surface area (Å²) in [5.41, 5.74) is 0.891. The van der Waals surface area contributed by atoms with Crippen molar-refractivity contribution < 1.29 is 18.0 Å². The summed E-state index contributed by atoms with van der Waals surface area (Å²) in [5, 5.41) is 1.78. The van der Waals surface area contributed by atoms with Crippen LogP contribution in [-0.2, 0) is 18.3 Å². The van der Waals surface area contributed by atoms with E-state index in [9.17, 15) is 22.8 Å². The van der Waals surface area contributed by atoms with Gasteiger partial charge in [0, 0.05) is 31.8 Å². The van der Waals surface area contributed by atoms with Gasteiger partial charge in [-0.05, 0) is 12.1 Å². The lowest BCUT2D eigenvalue weighted by molar-refractivity contribution is -0.173. The van der Waals surface area contributed by atoms with Crippen molar-refractivity contribution in [2.24, 2.45) is 7.05 Å². The number of alkyl halides is 3. The number of nitrogens with zero attached hydrogens (tertiary/aromatic N) is 2. The average Bonchev–Trinajstić information content (AvgIpc) is 2.73. The molecule has 1 aromatic carbocycles. The highest BCUT2D eigenvalue weighted by molar-refractivity contribution is 5.81. The van der Waals surface area contributed by atoms with Gasteiger partial charge in [-0.3, -0.25) is 14.3 Å². The van der Waals surface area contributed by atoms with E-state index in [1.807, 2.05) is 6.07 Å². The van der Waals surface area contributed by atoms with Crippen molar-refractivity contribution in [2.45, 2.75) is 12.6 Å². The fourth-order valence-corrected chi connectivity index (χ4v) is 2.08. The van der Waals surface area contributed by atoms with E-state index in [2.05, 4.69) is 0 Å². The van der Waals surface area contributed by atoms with E-state index in [1.54, 1.807) is 41.3 Å². The zero-order valence-electron chi connectivity index (χ0n) is 11.7. The maximum atomic E-state index is 12.1. The van der Waals surface area contributed by atoms with Crippen LogP contribution in [0.2, 0.25) is 0 Å². The van der Waals surface area contributed by atoms with E-state index < -0.39 is 12.1 Å². The van der Waals surface area contributed by atoms with E-state index in [1.165, 1.54) is 10.7 Å². The second-order valence-electron chi connectivity index (χ2n) is 4.65. The molecule has 118 valence electrons. The minimum atomic E-state index is -4.90. The molecule has 0 atom stereocenters. The molecule has 0 unspecified atom stereocenters. The summed E-state index contributed by atoms with van der Waals surface area (Å²) in [6.45, 7) is -0.204. The topological polar surface area (TPSA) is 56.0 Å². The molecule has 22 heavy (non-hydrogen) atoms. The number of amides is 1. The van der Waals surface area contributed by atoms with Crippen LogP contribution in [0.15, 0.2) is 41.2 Å². The first-order chi connectivity index (χ1) is 10.3. The Balaban J connectivity index is 2.12. The molecule has 0 aliphatic carbocycles. The molecule has 5 nitrogen and oxygen atoms in total. The highest BCUT2D eigenvalue weighted by Crippen LogP contribution is 2.14. The van der Waals surface area contributed by atoms with E-state index in [0.717, 1.165) is 0 Å². The van der Waals surface area contributed by atoms with Crippen molar-refractivity contribution in [1.82, 2.24) is 14.7 Å². The zero-order chi connectivity index (χ0) is 16.3. The van der Waals surface area contributed by atoms with Gasteiger partial charge in [-0.1, -0.05) is 18.2 Å². The quantitative estimate of drug-likeness (QED) is 0.927. The third-order valence-electron chi connectivity index (χ3n) is 3.14. The summed E-state index contributed by atoms with van der Waals surface area (Å²) in [7, 11) is 1.63. The summed E-state index contributed by atoms with van der Waals surface area (Å²) in [6.07, 6.45) is -4.78. The minimum absolute atomic E-state index is 0.118. The second-order valence-corrected chi connectivity index (χ2v) is 4.65. The van der Waals surface area contributed by atoms with Gasteiger partial charge >= 0.3 is 12.1 Å². The van der Waals surface area contributed by atoms with Crippen LogP contribution < -0.4 is 10.9 Å². The monoisotopic (exact) mass is 313 g/mol. The number of rotatable bonds is 4. The molecule has 0 aliphatic rings. The van der Waals surface area contributed by atoms with Crippen LogP contribution >= 0.6 is 0 Å². The van der Waals surface area contributed by atoms with Gasteiger partial charge in [0.05, 0.1) is 5.69 Å². The van der Waals surface area contributed by atoms with Gasteiger partial charge in [0.1, 0.15) is 0 Å². The van der Waals surface area contributed by atoms with Gasteiger partial charge in [0.2, 0.25) is 0 Å². The van der Waals surface area contributed by atoms with Crippen LogP contribution in [0.3, 0.4) is 0 Å². The van der Waals surface area contributed by atoms with Crippen LogP contribution in [0, 0.1) is 0 Å². The van der Waals surface area contributed by atoms with Crippen molar-refractivity contribution in [1.29, 1.82) is 0 Å². The molecule has 2 aromatic rings. The number of benzene rings is 1. The molecule has 2 rings (SSSR count). The molecule has 0 saturated carbocycles. The first-order valence-electron chi connectivity index (χ1n) is 6.49. The standard InChI is InChI=1S/C14H14F3N3O2/c1-19-11(7-8-18-13(22)14(15,16)17)9-12(21)20(19)10-5-3-2-4-6-10/h2-6,9H,7-8H2,1H3,(H,18,22). The molecule has 1 heterocycles. The Morgan fingerprint density at radius 3 is 2.45 bits per heavy atom. The molecule has 0 radical (unpaired) electrons. The normalized spacial score (nSPS) is 11.5. The second kappa shape index (κ2) is 6.08. The van der Waals surface area contributed by atoms with Gasteiger partial charge in [0.15, 0.2) is 0 Å². The molecule has 0 saturated heterocycles. The van der Waals surface area contributed by atoms with Crippen LogP contribution in [-0.4, -0.2) is 28.0 Å². The van der Waals surface area contributed by atoms with E-state index in [4.69, 9.17) is 0 Å². The van der Waals surface area contributed by atoms with Crippen molar-refractivity contribution in [3.8, 4) is 5.69 Å². The van der Waals surface area contributed by atoms with Gasteiger partial charge < -0.3 is 5.32 Å². The van der Waals surface area contributed by atoms with Crippen molar-refractivity contribution in [3.63, 3.8) is 0 Å². The van der Waals surface area contributed by atoms with E-state index in [0.29, 0.717) is 11.4 Å². The van der Waals surface area contributed by atoms with Crippen molar-refractivity contribution in [3.05, 3.63) is 52.4 Å². The third-order valence-corrected chi connectivity index (χ3v) is 3.14. The lowest BCUT2D eigenvalue weighted by Gasteiger charge is -2.11. The van der Waals surface area contributed by atoms with E-state index in [-0.39, 0.29) is 18.5 Å². The van der Waals surface area contributed by atoms with Gasteiger partial charge in [-0.25, -0.2) is 4.68 Å². The van der Waals surface area contributed by atoms with Crippen molar-refractivity contribution in [2.75, 3.05) is 6.54 Å². The SMILES string of the molecule is Cn1c(CCNC(=O)C(F)(F)F)cc(=O)n1-c1ccccc1. The molecule has 0 fully saturated rings. The number of hydrogen-bond acceptors (Lipinski definition) is 2. The fraction of sp³-hybridized carbons (Fsp3) is 0.286. The predicted octanol–water partition coefficient (Wildman–Crippen LogP) is 1.40. The number of aromatic nitrogens is 2. The Morgan fingerprint density at radius 1 is 1.23 bits per heavy atom. The maximum Gasteiger partial charge on any atom is 0.471 e. The van der Waals surface area contributed by atoms with Crippen LogP contribution in [0.25, 0.3) is 5.69 Å². The molecule has 8 heteroatoms. The lowest BCUT2D eigenvalue weighted by Crippen LogP contribution is -2.37. The summed E-state index contributed by atoms with van der Waals surface area (Å²) >= 11 is 0. The van der Waals surface area contributed by atoms with Crippen LogP contribution in [0.5, 0.6) is 0 Å². The van der Waals surface area contributed by atoms with Crippen LogP contribution in [0.1, 0.15) is 5.69 Å². The summed E-state index contributed by atoms with van der Waals surface area (Å²) in [5.74, 6) is -1.99. The number of para-hydroxylation sites is 1. The Labute approximate surface area is 123 Å². The molecule has 0 spiro atoms. The number of carbonyl (C=O) groups is 1. The number of hydrogen-bond donors (Lipinski definition) is 1. The summed E-state index contributed by atoms with van der Waals surface area (Å²) in [6, 6.07) is 10.2. The predicted molar refractivity (Wildman–Crippen MR) is 73.8 cm³/mol. The van der Waals surface area contributed by atoms with E-state index >= 15 is 0 Å². The van der Waals surface area contributed by atoms with Gasteiger partial charge in [-0.2, -0.15) is 13.2 Å². The Hall–Kier alpha value is -2.51. The number of carbonyl (C=O) groups excluding carboxylic acids is 1. The Bertz CT molecular complexity index is 717. The molecule has 0 bridgehead atoms. The first-order valence-corrected chi connectivity index (χ1v) is 6.49. The average molecular weight is 313 g/mol. The van der Waals surface area contributed by atoms with Gasteiger partial charge in [0.25, 0.3) is 5.56 Å². The largest absolute Gasteiger partial charge is 0.471 e. The molecular weight excluding hydrogens is 299 g/mol. The Morgan fingerprint density at radius 2 is 1.86 bits per heavy atom. The molecule has 1 aromatic heterocycles. The highest BCUT2D eigenvalue weighted by atomic mass is 19.4. The first kappa shape index (κ1) is 15.9. The number of halogens is 3. The molecule has 1 N–H and O–H groups in total. The minimum Gasteiger partial charge on any atom is -0.348 e. The maximum absolute atomic E-state index is 12.1. The lowest BCUT2D eigenvalue weighted by atomic mass is 10.3. The summed E-state index contributed by atoms with van der Waals surface area (Å²) < 4.78 is 39.2. The highest BCUT2D eigenvalue weighted by Gasteiger charge is 2.38. The molecule has 1 amide bonds. The molecular formula is C14H14F3N3O2. The summed E-state index contributed by atoms with van der Waals surface area (Å²) in [4.78, 5) is 22.7. The Kier molecular flexibility index (Phi) is 4.39. The molecule has 0 aliphatic heterocycles. The third kappa shape index (κ3) is 3.38.